The van der Waals surface area contributed by atoms with Gasteiger partial charge < -0.3 is 19.0 Å². The quantitative estimate of drug-likeness (QED) is 0.352. The molecule has 3 heterocycles. The minimum atomic E-state index is -1.01. The maximum atomic E-state index is 13.8. The summed E-state index contributed by atoms with van der Waals surface area (Å²) in [7, 11) is 1.53. The molecule has 0 spiro atoms. The van der Waals surface area contributed by atoms with Crippen LogP contribution in [0.25, 0.3) is 17.4 Å². The number of rotatable bonds is 7. The predicted octanol–water partition coefficient (Wildman–Crippen LogP) is 3.77. The number of ether oxygens (including phenoxy) is 2. The summed E-state index contributed by atoms with van der Waals surface area (Å²) in [6, 6.07) is 16.2. The molecule has 0 saturated heterocycles. The smallest absolute Gasteiger partial charge is 0.338 e. The van der Waals surface area contributed by atoms with Crippen molar-refractivity contribution in [3.63, 3.8) is 0 Å². The van der Waals surface area contributed by atoms with E-state index in [4.69, 9.17) is 19.0 Å². The SMILES string of the molecule is CCOC(=O)C1=C(C)N=c2s/c(=C\c3ccc(-c4ccc(C(=O)O)cc4)o3)c(=O)n2[C@H]1c1ccccc1OC. The van der Waals surface area contributed by atoms with Gasteiger partial charge in [0.05, 0.1) is 35.1 Å². The van der Waals surface area contributed by atoms with Crippen molar-refractivity contribution >= 4 is 29.4 Å². The van der Waals surface area contributed by atoms with Crippen molar-refractivity contribution in [2.24, 2.45) is 4.99 Å². The molecule has 198 valence electrons. The highest BCUT2D eigenvalue weighted by Crippen LogP contribution is 2.35. The molecule has 5 rings (SSSR count). The van der Waals surface area contributed by atoms with E-state index in [0.29, 0.717) is 43.4 Å². The Bertz CT molecular complexity index is 1790. The zero-order chi connectivity index (χ0) is 27.7. The number of aromatic carboxylic acids is 1. The number of carboxylic acid groups (broad SMARTS) is 1. The molecule has 39 heavy (non-hydrogen) atoms. The molecule has 2 aromatic carbocycles. The van der Waals surface area contributed by atoms with E-state index in [2.05, 4.69) is 4.99 Å². The number of hydrogen-bond acceptors (Lipinski definition) is 8. The Kier molecular flexibility index (Phi) is 7.03. The Morgan fingerprint density at radius 2 is 1.87 bits per heavy atom. The van der Waals surface area contributed by atoms with Crippen LogP contribution in [0, 0.1) is 0 Å². The van der Waals surface area contributed by atoms with Crippen LogP contribution in [0.1, 0.15) is 41.6 Å². The molecule has 0 radical (unpaired) electrons. The summed E-state index contributed by atoms with van der Waals surface area (Å²) < 4.78 is 18.7. The summed E-state index contributed by atoms with van der Waals surface area (Å²) in [5.41, 5.74) is 1.90. The van der Waals surface area contributed by atoms with E-state index >= 15 is 0 Å². The third kappa shape index (κ3) is 4.82. The lowest BCUT2D eigenvalue weighted by atomic mass is 9.95. The molecule has 9 nitrogen and oxygen atoms in total. The van der Waals surface area contributed by atoms with Crippen LogP contribution in [0.3, 0.4) is 0 Å². The van der Waals surface area contributed by atoms with Gasteiger partial charge in [-0.15, -0.1) is 0 Å². The summed E-state index contributed by atoms with van der Waals surface area (Å²) >= 11 is 1.19. The number of carbonyl (C=O) groups excluding carboxylic acids is 1. The Balaban J connectivity index is 1.62. The van der Waals surface area contributed by atoms with E-state index in [1.54, 1.807) is 50.3 Å². The molecule has 0 fully saturated rings. The summed E-state index contributed by atoms with van der Waals surface area (Å²) in [5, 5.41) is 9.12. The van der Waals surface area contributed by atoms with Gasteiger partial charge in [-0.25, -0.2) is 14.6 Å². The lowest BCUT2D eigenvalue weighted by Gasteiger charge is -2.25. The van der Waals surface area contributed by atoms with Crippen LogP contribution in [0.2, 0.25) is 0 Å². The number of thiazole rings is 1. The Labute approximate surface area is 226 Å². The molecule has 0 unspecified atom stereocenters. The van der Waals surface area contributed by atoms with Gasteiger partial charge in [-0.05, 0) is 44.2 Å². The molecule has 0 amide bonds. The van der Waals surface area contributed by atoms with Gasteiger partial charge in [0, 0.05) is 17.2 Å². The molecule has 2 aromatic heterocycles. The maximum Gasteiger partial charge on any atom is 0.338 e. The fraction of sp³-hybridized carbons (Fsp3) is 0.172. The number of esters is 1. The number of para-hydroxylation sites is 1. The average molecular weight is 545 g/mol. The molecule has 1 aliphatic rings. The fourth-order valence-electron chi connectivity index (χ4n) is 4.47. The summed E-state index contributed by atoms with van der Waals surface area (Å²) in [6.07, 6.45) is 1.63. The second-order valence-corrected chi connectivity index (χ2v) is 9.64. The number of furan rings is 1. The van der Waals surface area contributed by atoms with E-state index in [-0.39, 0.29) is 23.3 Å². The molecular weight excluding hydrogens is 520 g/mol. The van der Waals surface area contributed by atoms with Crippen LogP contribution in [0.15, 0.2) is 86.1 Å². The number of carbonyl (C=O) groups is 2. The van der Waals surface area contributed by atoms with E-state index < -0.39 is 18.0 Å². The van der Waals surface area contributed by atoms with Crippen molar-refractivity contribution in [1.29, 1.82) is 0 Å². The minimum absolute atomic E-state index is 0.175. The second kappa shape index (κ2) is 10.6. The number of benzene rings is 2. The van der Waals surface area contributed by atoms with Crippen molar-refractivity contribution in [3.05, 3.63) is 109 Å². The van der Waals surface area contributed by atoms with Crippen LogP contribution in [-0.2, 0) is 9.53 Å². The first-order valence-corrected chi connectivity index (χ1v) is 12.9. The first kappa shape index (κ1) is 25.9. The number of carboxylic acids is 1. The van der Waals surface area contributed by atoms with Crippen molar-refractivity contribution in [2.45, 2.75) is 19.9 Å². The van der Waals surface area contributed by atoms with Gasteiger partial charge in [0.1, 0.15) is 23.3 Å². The average Bonchev–Trinajstić information content (AvgIpc) is 3.52. The first-order valence-electron chi connectivity index (χ1n) is 12.1. The first-order chi connectivity index (χ1) is 18.8. The van der Waals surface area contributed by atoms with Crippen molar-refractivity contribution < 1.29 is 28.6 Å². The summed E-state index contributed by atoms with van der Waals surface area (Å²) in [6.45, 7) is 3.62. The van der Waals surface area contributed by atoms with Crippen LogP contribution >= 0.6 is 11.3 Å². The number of fused-ring (bicyclic) bond motifs is 1. The Morgan fingerprint density at radius 3 is 2.56 bits per heavy atom. The van der Waals surface area contributed by atoms with Crippen LogP contribution in [0.4, 0.5) is 0 Å². The molecule has 4 aromatic rings. The van der Waals surface area contributed by atoms with Gasteiger partial charge in [-0.3, -0.25) is 9.36 Å². The fourth-order valence-corrected chi connectivity index (χ4v) is 5.50. The predicted molar refractivity (Wildman–Crippen MR) is 144 cm³/mol. The second-order valence-electron chi connectivity index (χ2n) is 8.63. The Morgan fingerprint density at radius 1 is 1.13 bits per heavy atom. The third-order valence-corrected chi connectivity index (χ3v) is 7.25. The van der Waals surface area contributed by atoms with Gasteiger partial charge in [0.25, 0.3) is 5.56 Å². The van der Waals surface area contributed by atoms with Crippen molar-refractivity contribution in [1.82, 2.24) is 4.57 Å². The van der Waals surface area contributed by atoms with E-state index in [1.807, 2.05) is 18.2 Å². The number of hydrogen-bond donors (Lipinski definition) is 1. The standard InChI is InChI=1S/C29H24N2O7S/c1-4-37-28(35)24-16(2)30-29-31(25(24)20-7-5-6-8-22(20)36-3)26(32)23(39-29)15-19-13-14-21(38-19)17-9-11-18(12-10-17)27(33)34/h5-15,25H,4H2,1-3H3,(H,33,34)/b23-15-/t25-/m0/s1. The largest absolute Gasteiger partial charge is 0.496 e. The number of allylic oxidation sites excluding steroid dienone is 1. The van der Waals surface area contributed by atoms with E-state index in [0.717, 1.165) is 0 Å². The summed E-state index contributed by atoms with van der Waals surface area (Å²) in [5.74, 6) is -0.0670. The number of methoxy groups -OCH3 is 1. The van der Waals surface area contributed by atoms with Gasteiger partial charge in [-0.1, -0.05) is 41.7 Å². The van der Waals surface area contributed by atoms with Crippen LogP contribution in [0.5, 0.6) is 5.75 Å². The lowest BCUT2D eigenvalue weighted by molar-refractivity contribution is -0.139. The molecule has 0 bridgehead atoms. The van der Waals surface area contributed by atoms with Gasteiger partial charge in [0.15, 0.2) is 4.80 Å². The molecule has 1 atom stereocenters. The number of nitrogens with zero attached hydrogens (tertiary/aromatic N) is 2. The zero-order valence-corrected chi connectivity index (χ0v) is 22.2. The molecule has 10 heteroatoms. The van der Waals surface area contributed by atoms with Gasteiger partial charge in [0.2, 0.25) is 0 Å². The minimum Gasteiger partial charge on any atom is -0.496 e. The molecule has 0 saturated carbocycles. The third-order valence-electron chi connectivity index (χ3n) is 6.27. The summed E-state index contributed by atoms with van der Waals surface area (Å²) in [4.78, 5) is 43.0. The molecule has 1 N–H and O–H groups in total. The van der Waals surface area contributed by atoms with Crippen molar-refractivity contribution in [3.8, 4) is 17.1 Å². The van der Waals surface area contributed by atoms with Crippen molar-refractivity contribution in [2.75, 3.05) is 13.7 Å². The van der Waals surface area contributed by atoms with Gasteiger partial charge >= 0.3 is 11.9 Å². The monoisotopic (exact) mass is 544 g/mol. The molecular formula is C29H24N2O7S. The highest BCUT2D eigenvalue weighted by molar-refractivity contribution is 7.07. The van der Waals surface area contributed by atoms with Gasteiger partial charge in [-0.2, -0.15) is 0 Å². The topological polar surface area (TPSA) is 120 Å². The zero-order valence-electron chi connectivity index (χ0n) is 21.3. The van der Waals surface area contributed by atoms with Crippen LogP contribution < -0.4 is 19.6 Å². The Hall–Kier alpha value is -4.70. The number of aromatic nitrogens is 1. The highest BCUT2D eigenvalue weighted by Gasteiger charge is 2.35. The normalized spacial score (nSPS) is 15.1. The maximum absolute atomic E-state index is 13.8. The highest BCUT2D eigenvalue weighted by atomic mass is 32.1. The van der Waals surface area contributed by atoms with E-state index in [1.165, 1.54) is 35.1 Å². The van der Waals surface area contributed by atoms with E-state index in [9.17, 15) is 14.4 Å². The molecule has 1 aliphatic heterocycles. The lowest BCUT2D eigenvalue weighted by Crippen LogP contribution is -2.40. The molecule has 0 aliphatic carbocycles. The van der Waals surface area contributed by atoms with Crippen LogP contribution in [-0.4, -0.2) is 35.3 Å².